The van der Waals surface area contributed by atoms with Gasteiger partial charge in [-0.05, 0) is 36.0 Å². The van der Waals surface area contributed by atoms with E-state index in [4.69, 9.17) is 21.6 Å². The molecule has 1 heterocycles. The molecule has 1 aromatic carbocycles. The molecule has 0 spiro atoms. The predicted molar refractivity (Wildman–Crippen MR) is 77.4 cm³/mol. The van der Waals surface area contributed by atoms with Crippen LogP contribution in [0.25, 0.3) is 10.6 Å². The predicted octanol–water partition coefficient (Wildman–Crippen LogP) is 2.81. The largest absolute Gasteiger partial charge is 0.494 e. The molecule has 0 atom stereocenters. The summed E-state index contributed by atoms with van der Waals surface area (Å²) in [6.45, 7) is 1.29. The van der Waals surface area contributed by atoms with E-state index in [1.165, 1.54) is 0 Å². The Morgan fingerprint density at radius 3 is 2.79 bits per heavy atom. The van der Waals surface area contributed by atoms with Crippen molar-refractivity contribution in [2.45, 2.75) is 13.0 Å². The SMILES string of the molecule is OCCCOc1ccc(-c2ncc(CNCl)s2)cc1. The van der Waals surface area contributed by atoms with E-state index in [9.17, 15) is 0 Å². The molecule has 0 aliphatic rings. The smallest absolute Gasteiger partial charge is 0.123 e. The summed E-state index contributed by atoms with van der Waals surface area (Å²) in [5.41, 5.74) is 1.06. The average molecular weight is 299 g/mol. The van der Waals surface area contributed by atoms with Gasteiger partial charge in [-0.15, -0.1) is 11.3 Å². The highest BCUT2D eigenvalue weighted by atomic mass is 35.5. The van der Waals surface area contributed by atoms with Gasteiger partial charge in [-0.2, -0.15) is 0 Å². The van der Waals surface area contributed by atoms with Crippen LogP contribution in [0.15, 0.2) is 30.5 Å². The van der Waals surface area contributed by atoms with Gasteiger partial charge >= 0.3 is 0 Å². The van der Waals surface area contributed by atoms with Crippen LogP contribution in [0.3, 0.4) is 0 Å². The van der Waals surface area contributed by atoms with E-state index in [0.29, 0.717) is 19.6 Å². The van der Waals surface area contributed by atoms with E-state index in [1.807, 2.05) is 30.5 Å². The molecule has 0 amide bonds. The van der Waals surface area contributed by atoms with Gasteiger partial charge in [0.05, 0.1) is 6.61 Å². The zero-order valence-electron chi connectivity index (χ0n) is 10.3. The Kier molecular flexibility index (Phi) is 5.60. The molecular formula is C13H15ClN2O2S. The molecule has 102 valence electrons. The molecule has 6 heteroatoms. The number of hydrogen-bond acceptors (Lipinski definition) is 5. The van der Waals surface area contributed by atoms with E-state index >= 15 is 0 Å². The molecule has 0 aliphatic heterocycles. The maximum atomic E-state index is 8.68. The van der Waals surface area contributed by atoms with Crippen molar-refractivity contribution in [3.05, 3.63) is 35.3 Å². The molecule has 0 bridgehead atoms. The summed E-state index contributed by atoms with van der Waals surface area (Å²) < 4.78 is 5.48. The molecule has 0 fully saturated rings. The van der Waals surface area contributed by atoms with Crippen molar-refractivity contribution >= 4 is 23.1 Å². The third-order valence-electron chi connectivity index (χ3n) is 2.47. The number of thiazole rings is 1. The maximum Gasteiger partial charge on any atom is 0.123 e. The lowest BCUT2D eigenvalue weighted by Gasteiger charge is -2.05. The first-order valence-electron chi connectivity index (χ1n) is 5.96. The van der Waals surface area contributed by atoms with Crippen LogP contribution < -0.4 is 9.57 Å². The Labute approximate surface area is 121 Å². The highest BCUT2D eigenvalue weighted by molar-refractivity contribution is 7.15. The molecule has 0 aliphatic carbocycles. The molecule has 19 heavy (non-hydrogen) atoms. The summed E-state index contributed by atoms with van der Waals surface area (Å²) in [5, 5.41) is 9.64. The molecule has 0 unspecified atom stereocenters. The standard InChI is InChI=1S/C13H15ClN2O2S/c14-16-9-12-8-15-13(19-12)10-2-4-11(5-3-10)18-7-1-6-17/h2-5,8,16-17H,1,6-7,9H2. The Bertz CT molecular complexity index is 502. The summed E-state index contributed by atoms with van der Waals surface area (Å²) >= 11 is 7.07. The minimum Gasteiger partial charge on any atom is -0.494 e. The van der Waals surface area contributed by atoms with Crippen LogP contribution >= 0.6 is 23.1 Å². The van der Waals surface area contributed by atoms with Gasteiger partial charge in [0.25, 0.3) is 0 Å². The number of nitrogens with zero attached hydrogens (tertiary/aromatic N) is 1. The van der Waals surface area contributed by atoms with Crippen molar-refractivity contribution in [3.8, 4) is 16.3 Å². The fourth-order valence-corrected chi connectivity index (χ4v) is 2.62. The van der Waals surface area contributed by atoms with Crippen LogP contribution in [0.4, 0.5) is 0 Å². The summed E-state index contributed by atoms with van der Waals surface area (Å²) in [7, 11) is 0. The van der Waals surface area contributed by atoms with Gasteiger partial charge in [0.1, 0.15) is 10.8 Å². The van der Waals surface area contributed by atoms with Crippen molar-refractivity contribution in [2.75, 3.05) is 13.2 Å². The van der Waals surface area contributed by atoms with Crippen LogP contribution in [0.5, 0.6) is 5.75 Å². The van der Waals surface area contributed by atoms with E-state index in [2.05, 4.69) is 9.82 Å². The molecule has 1 aromatic heterocycles. The monoisotopic (exact) mass is 298 g/mol. The quantitative estimate of drug-likeness (QED) is 0.610. The lowest BCUT2D eigenvalue weighted by atomic mass is 10.2. The lowest BCUT2D eigenvalue weighted by Crippen LogP contribution is -1.99. The number of hydrogen-bond donors (Lipinski definition) is 2. The third kappa shape index (κ3) is 4.18. The van der Waals surface area contributed by atoms with Crippen molar-refractivity contribution in [2.24, 2.45) is 0 Å². The zero-order valence-corrected chi connectivity index (χ0v) is 11.9. The Morgan fingerprint density at radius 2 is 2.11 bits per heavy atom. The van der Waals surface area contributed by atoms with Crippen LogP contribution in [-0.4, -0.2) is 23.3 Å². The third-order valence-corrected chi connectivity index (χ3v) is 3.65. The van der Waals surface area contributed by atoms with Gasteiger partial charge < -0.3 is 9.84 Å². The highest BCUT2D eigenvalue weighted by Gasteiger charge is 2.04. The fraction of sp³-hybridized carbons (Fsp3) is 0.308. The number of aliphatic hydroxyl groups is 1. The van der Waals surface area contributed by atoms with Crippen LogP contribution in [-0.2, 0) is 6.54 Å². The molecule has 0 saturated heterocycles. The minimum absolute atomic E-state index is 0.147. The normalized spacial score (nSPS) is 10.6. The van der Waals surface area contributed by atoms with Gasteiger partial charge in [0, 0.05) is 36.2 Å². The number of ether oxygens (including phenoxy) is 1. The molecule has 2 N–H and O–H groups in total. The lowest BCUT2D eigenvalue weighted by molar-refractivity contribution is 0.233. The van der Waals surface area contributed by atoms with E-state index in [0.717, 1.165) is 21.2 Å². The summed E-state index contributed by atoms with van der Waals surface area (Å²) in [5.74, 6) is 0.802. The molecule has 4 nitrogen and oxygen atoms in total. The molecule has 0 radical (unpaired) electrons. The topological polar surface area (TPSA) is 54.4 Å². The number of nitrogens with one attached hydrogen (secondary N) is 1. The minimum atomic E-state index is 0.147. The van der Waals surface area contributed by atoms with Crippen molar-refractivity contribution < 1.29 is 9.84 Å². The average Bonchev–Trinajstić information content (AvgIpc) is 2.89. The van der Waals surface area contributed by atoms with Crippen molar-refractivity contribution in [1.29, 1.82) is 0 Å². The van der Waals surface area contributed by atoms with E-state index in [1.54, 1.807) is 11.3 Å². The second kappa shape index (κ2) is 7.45. The van der Waals surface area contributed by atoms with Crippen molar-refractivity contribution in [3.63, 3.8) is 0 Å². The second-order valence-electron chi connectivity index (χ2n) is 3.89. The van der Waals surface area contributed by atoms with Crippen LogP contribution in [0.2, 0.25) is 0 Å². The van der Waals surface area contributed by atoms with Gasteiger partial charge in [0.15, 0.2) is 0 Å². The molecule has 2 aromatic rings. The highest BCUT2D eigenvalue weighted by Crippen LogP contribution is 2.26. The first kappa shape index (κ1) is 14.3. The van der Waals surface area contributed by atoms with Gasteiger partial charge in [-0.1, -0.05) is 0 Å². The summed E-state index contributed by atoms with van der Waals surface area (Å²) in [4.78, 5) is 8.04. The number of aliphatic hydroxyl groups excluding tert-OH is 1. The first-order chi connectivity index (χ1) is 9.33. The summed E-state index contributed by atoms with van der Waals surface area (Å²) in [6.07, 6.45) is 2.46. The van der Waals surface area contributed by atoms with Gasteiger partial charge in [-0.3, -0.25) is 0 Å². The van der Waals surface area contributed by atoms with E-state index < -0.39 is 0 Å². The maximum absolute atomic E-state index is 8.68. The number of aromatic nitrogens is 1. The molecule has 0 saturated carbocycles. The Hall–Kier alpha value is -1.14. The molecular weight excluding hydrogens is 284 g/mol. The number of rotatable bonds is 7. The van der Waals surface area contributed by atoms with E-state index in [-0.39, 0.29) is 6.61 Å². The van der Waals surface area contributed by atoms with Crippen molar-refractivity contribution in [1.82, 2.24) is 9.82 Å². The second-order valence-corrected chi connectivity index (χ2v) is 5.27. The van der Waals surface area contributed by atoms with Gasteiger partial charge in [-0.25, -0.2) is 9.82 Å². The molecule has 2 rings (SSSR count). The Balaban J connectivity index is 2.00. The van der Waals surface area contributed by atoms with Crippen LogP contribution in [0, 0.1) is 0 Å². The fourth-order valence-electron chi connectivity index (χ4n) is 1.54. The van der Waals surface area contributed by atoms with Gasteiger partial charge in [0.2, 0.25) is 0 Å². The Morgan fingerprint density at radius 1 is 1.32 bits per heavy atom. The first-order valence-corrected chi connectivity index (χ1v) is 7.15. The van der Waals surface area contributed by atoms with Crippen LogP contribution in [0.1, 0.15) is 11.3 Å². The number of benzene rings is 1. The number of halogens is 1. The zero-order chi connectivity index (χ0) is 13.5. The summed E-state index contributed by atoms with van der Waals surface area (Å²) in [6, 6.07) is 7.77.